The average molecular weight is 273 g/mol. The number of anilines is 1. The van der Waals surface area contributed by atoms with Crippen molar-refractivity contribution in [1.82, 2.24) is 0 Å². The summed E-state index contributed by atoms with van der Waals surface area (Å²) in [7, 11) is 0. The lowest BCUT2D eigenvalue weighted by atomic mass is 9.99. The number of fused-ring (bicyclic) bond motifs is 1. The predicted molar refractivity (Wildman–Crippen MR) is 80.3 cm³/mol. The summed E-state index contributed by atoms with van der Waals surface area (Å²) in [6.07, 6.45) is 4.06. The lowest BCUT2D eigenvalue weighted by molar-refractivity contribution is -0.116. The number of hydrogen-bond donors (Lipinski definition) is 0. The first-order valence-electron chi connectivity index (χ1n) is 7.66. The summed E-state index contributed by atoms with van der Waals surface area (Å²) in [5.41, 5.74) is 3.95. The standard InChI is InChI=1S/C17H23NO2/c1-13(19)10-15-2-3-17-16(11-15)4-7-18(17)12-14-5-8-20-9-6-14/h2-3,11,14H,4-10,12H2,1H3. The van der Waals surface area contributed by atoms with Gasteiger partial charge in [-0.3, -0.25) is 4.79 Å². The lowest BCUT2D eigenvalue weighted by Gasteiger charge is -2.28. The zero-order chi connectivity index (χ0) is 13.9. The zero-order valence-corrected chi connectivity index (χ0v) is 12.2. The van der Waals surface area contributed by atoms with Gasteiger partial charge in [-0.1, -0.05) is 12.1 Å². The third-order valence-corrected chi connectivity index (χ3v) is 4.41. The van der Waals surface area contributed by atoms with Crippen LogP contribution >= 0.6 is 0 Å². The van der Waals surface area contributed by atoms with Crippen molar-refractivity contribution in [3.05, 3.63) is 29.3 Å². The second-order valence-corrected chi connectivity index (χ2v) is 6.09. The van der Waals surface area contributed by atoms with Crippen LogP contribution in [0.25, 0.3) is 0 Å². The molecule has 2 heterocycles. The monoisotopic (exact) mass is 273 g/mol. The number of hydrogen-bond acceptors (Lipinski definition) is 3. The molecule has 0 radical (unpaired) electrons. The largest absolute Gasteiger partial charge is 0.381 e. The van der Waals surface area contributed by atoms with Gasteiger partial charge in [0.2, 0.25) is 0 Å². The smallest absolute Gasteiger partial charge is 0.134 e. The fraction of sp³-hybridized carbons (Fsp3) is 0.588. The molecule has 2 aliphatic heterocycles. The highest BCUT2D eigenvalue weighted by atomic mass is 16.5. The van der Waals surface area contributed by atoms with E-state index in [9.17, 15) is 4.79 Å². The Bertz CT molecular complexity index is 492. The summed E-state index contributed by atoms with van der Waals surface area (Å²) >= 11 is 0. The van der Waals surface area contributed by atoms with Crippen molar-refractivity contribution in [2.24, 2.45) is 5.92 Å². The van der Waals surface area contributed by atoms with Gasteiger partial charge in [0, 0.05) is 38.4 Å². The molecule has 0 aromatic heterocycles. The van der Waals surface area contributed by atoms with E-state index in [-0.39, 0.29) is 5.78 Å². The van der Waals surface area contributed by atoms with Crippen LogP contribution in [0.4, 0.5) is 5.69 Å². The van der Waals surface area contributed by atoms with E-state index in [1.807, 2.05) is 0 Å². The molecule has 3 rings (SSSR count). The molecule has 0 unspecified atom stereocenters. The Balaban J connectivity index is 1.68. The van der Waals surface area contributed by atoms with E-state index in [2.05, 4.69) is 23.1 Å². The molecule has 0 aliphatic carbocycles. The normalized spacial score (nSPS) is 19.1. The van der Waals surface area contributed by atoms with Crippen LogP contribution in [0.3, 0.4) is 0 Å². The van der Waals surface area contributed by atoms with Crippen LogP contribution in [0.1, 0.15) is 30.9 Å². The number of ether oxygens (including phenoxy) is 1. The number of Topliss-reactive ketones (excluding diaryl/α,β-unsaturated/α-hetero) is 1. The van der Waals surface area contributed by atoms with Crippen LogP contribution in [-0.4, -0.2) is 32.1 Å². The van der Waals surface area contributed by atoms with Crippen LogP contribution < -0.4 is 4.90 Å². The highest BCUT2D eigenvalue weighted by Gasteiger charge is 2.23. The highest BCUT2D eigenvalue weighted by Crippen LogP contribution is 2.31. The zero-order valence-electron chi connectivity index (χ0n) is 12.2. The van der Waals surface area contributed by atoms with Crippen LogP contribution in [0.2, 0.25) is 0 Å². The molecular weight excluding hydrogens is 250 g/mol. The van der Waals surface area contributed by atoms with Crippen LogP contribution in [0, 0.1) is 5.92 Å². The van der Waals surface area contributed by atoms with Gasteiger partial charge in [0.1, 0.15) is 5.78 Å². The molecule has 0 bridgehead atoms. The van der Waals surface area contributed by atoms with Crippen LogP contribution in [0.15, 0.2) is 18.2 Å². The van der Waals surface area contributed by atoms with E-state index < -0.39 is 0 Å². The van der Waals surface area contributed by atoms with Crippen LogP contribution in [0.5, 0.6) is 0 Å². The van der Waals surface area contributed by atoms with E-state index >= 15 is 0 Å². The third kappa shape index (κ3) is 3.04. The summed E-state index contributed by atoms with van der Waals surface area (Å²) < 4.78 is 5.44. The molecule has 1 aromatic carbocycles. The van der Waals surface area contributed by atoms with Gasteiger partial charge in [-0.15, -0.1) is 0 Å². The third-order valence-electron chi connectivity index (χ3n) is 4.41. The van der Waals surface area contributed by atoms with E-state index in [0.717, 1.165) is 44.2 Å². The fourth-order valence-corrected chi connectivity index (χ4v) is 3.35. The Morgan fingerprint density at radius 1 is 1.35 bits per heavy atom. The first kappa shape index (κ1) is 13.6. The fourth-order valence-electron chi connectivity index (χ4n) is 3.35. The molecule has 0 saturated carbocycles. The summed E-state index contributed by atoms with van der Waals surface area (Å²) in [6.45, 7) is 5.77. The number of ketones is 1. The van der Waals surface area contributed by atoms with Gasteiger partial charge in [0.15, 0.2) is 0 Å². The van der Waals surface area contributed by atoms with Crippen molar-refractivity contribution in [3.8, 4) is 0 Å². The Hall–Kier alpha value is -1.35. The number of nitrogens with zero attached hydrogens (tertiary/aromatic N) is 1. The Labute approximate surface area is 120 Å². The van der Waals surface area contributed by atoms with E-state index in [1.54, 1.807) is 6.92 Å². The minimum atomic E-state index is 0.238. The van der Waals surface area contributed by atoms with E-state index in [1.165, 1.54) is 24.1 Å². The van der Waals surface area contributed by atoms with Gasteiger partial charge in [0.05, 0.1) is 0 Å². The molecule has 0 N–H and O–H groups in total. The molecule has 1 fully saturated rings. The topological polar surface area (TPSA) is 29.5 Å². The molecule has 0 amide bonds. The number of benzene rings is 1. The predicted octanol–water partition coefficient (Wildman–Crippen LogP) is 2.61. The number of rotatable bonds is 4. The Morgan fingerprint density at radius 3 is 2.90 bits per heavy atom. The SMILES string of the molecule is CC(=O)Cc1ccc2c(c1)CCN2CC1CCOCC1. The quantitative estimate of drug-likeness (QED) is 0.844. The van der Waals surface area contributed by atoms with Gasteiger partial charge in [-0.2, -0.15) is 0 Å². The van der Waals surface area contributed by atoms with Crippen molar-refractivity contribution in [1.29, 1.82) is 0 Å². The second kappa shape index (κ2) is 5.96. The lowest BCUT2D eigenvalue weighted by Crippen LogP contribution is -2.31. The molecule has 108 valence electrons. The first-order valence-corrected chi connectivity index (χ1v) is 7.66. The summed E-state index contributed by atoms with van der Waals surface area (Å²) in [6, 6.07) is 6.54. The van der Waals surface area contributed by atoms with E-state index in [4.69, 9.17) is 4.74 Å². The van der Waals surface area contributed by atoms with Crippen molar-refractivity contribution in [3.63, 3.8) is 0 Å². The molecule has 3 nitrogen and oxygen atoms in total. The van der Waals surface area contributed by atoms with Gasteiger partial charge >= 0.3 is 0 Å². The summed E-state index contributed by atoms with van der Waals surface area (Å²) in [4.78, 5) is 13.7. The molecule has 0 atom stereocenters. The molecule has 1 aromatic rings. The van der Waals surface area contributed by atoms with Crippen molar-refractivity contribution < 1.29 is 9.53 Å². The van der Waals surface area contributed by atoms with Gasteiger partial charge in [-0.25, -0.2) is 0 Å². The van der Waals surface area contributed by atoms with Gasteiger partial charge in [-0.05, 0) is 49.3 Å². The Morgan fingerprint density at radius 2 is 2.15 bits per heavy atom. The van der Waals surface area contributed by atoms with Crippen molar-refractivity contribution in [2.45, 2.75) is 32.6 Å². The molecule has 1 saturated heterocycles. The number of carbonyl (C=O) groups excluding carboxylic acids is 1. The second-order valence-electron chi connectivity index (χ2n) is 6.09. The maximum absolute atomic E-state index is 11.2. The van der Waals surface area contributed by atoms with Crippen molar-refractivity contribution in [2.75, 3.05) is 31.2 Å². The maximum Gasteiger partial charge on any atom is 0.134 e. The van der Waals surface area contributed by atoms with Crippen LogP contribution in [-0.2, 0) is 22.4 Å². The molecular formula is C17H23NO2. The molecule has 3 heteroatoms. The highest BCUT2D eigenvalue weighted by molar-refractivity contribution is 5.78. The van der Waals surface area contributed by atoms with Crippen molar-refractivity contribution >= 4 is 11.5 Å². The van der Waals surface area contributed by atoms with Gasteiger partial charge in [0.25, 0.3) is 0 Å². The molecule has 0 spiro atoms. The Kier molecular flexibility index (Phi) is 4.06. The van der Waals surface area contributed by atoms with E-state index in [0.29, 0.717) is 6.42 Å². The number of carbonyl (C=O) groups is 1. The minimum Gasteiger partial charge on any atom is -0.381 e. The first-order chi connectivity index (χ1) is 9.72. The summed E-state index contributed by atoms with van der Waals surface area (Å²) in [5.74, 6) is 1.01. The molecule has 20 heavy (non-hydrogen) atoms. The summed E-state index contributed by atoms with van der Waals surface area (Å²) in [5, 5.41) is 0. The average Bonchev–Trinajstić information content (AvgIpc) is 2.82. The maximum atomic E-state index is 11.2. The molecule has 2 aliphatic rings. The minimum absolute atomic E-state index is 0.238. The van der Waals surface area contributed by atoms with Gasteiger partial charge < -0.3 is 9.64 Å².